The lowest BCUT2D eigenvalue weighted by atomic mass is 10.3. The molecule has 0 saturated carbocycles. The van der Waals surface area contributed by atoms with Crippen LogP contribution in [0.25, 0.3) is 0 Å². The number of carbonyl (C=O) groups excluding carboxylic acids is 2. The summed E-state index contributed by atoms with van der Waals surface area (Å²) < 4.78 is 0. The van der Waals surface area contributed by atoms with E-state index in [4.69, 9.17) is 0 Å². The van der Waals surface area contributed by atoms with Crippen LogP contribution < -0.4 is 5.32 Å². The van der Waals surface area contributed by atoms with Crippen molar-refractivity contribution in [2.24, 2.45) is 0 Å². The van der Waals surface area contributed by atoms with Gasteiger partial charge in [-0.3, -0.25) is 9.59 Å². The van der Waals surface area contributed by atoms with Crippen LogP contribution in [0, 0.1) is 0 Å². The molecule has 0 aliphatic heterocycles. The quantitative estimate of drug-likeness (QED) is 0.659. The molecule has 1 N–H and O–H groups in total. The maximum atomic E-state index is 10.3. The van der Waals surface area contributed by atoms with Crippen molar-refractivity contribution < 1.29 is 9.59 Å². The summed E-state index contributed by atoms with van der Waals surface area (Å²) in [4.78, 5) is 22.1. The third-order valence-electron chi connectivity index (χ3n) is 1.23. The summed E-state index contributed by atoms with van der Waals surface area (Å²) in [7, 11) is 4.95. The highest BCUT2D eigenvalue weighted by Gasteiger charge is 1.92. The van der Waals surface area contributed by atoms with Gasteiger partial charge in [-0.2, -0.15) is 0 Å². The molecule has 0 aromatic rings. The molecule has 14 heavy (non-hydrogen) atoms. The summed E-state index contributed by atoms with van der Waals surface area (Å²) in [5, 5.41) is 2.43. The topological polar surface area (TPSA) is 49.4 Å². The van der Waals surface area contributed by atoms with Gasteiger partial charge >= 0.3 is 0 Å². The summed E-state index contributed by atoms with van der Waals surface area (Å²) in [6.45, 7) is 8.37. The summed E-state index contributed by atoms with van der Waals surface area (Å²) in [6, 6.07) is 0. The summed E-state index contributed by atoms with van der Waals surface area (Å²) >= 11 is 0. The Morgan fingerprint density at radius 2 is 1.79 bits per heavy atom. The summed E-state index contributed by atoms with van der Waals surface area (Å²) in [5.41, 5.74) is 0.544. The molecule has 4 heteroatoms. The molecule has 0 aliphatic carbocycles. The normalized spacial score (nSPS) is 7.71. The molecule has 0 aromatic heterocycles. The molecular formula is C10H18N2O2. The van der Waals surface area contributed by atoms with Crippen LogP contribution in [0.4, 0.5) is 0 Å². The molecule has 0 aliphatic rings. The fraction of sp³-hybridized carbons (Fsp3) is 0.400. The van der Waals surface area contributed by atoms with Crippen LogP contribution in [0.2, 0.25) is 0 Å². The first-order valence-electron chi connectivity index (χ1n) is 4.08. The van der Waals surface area contributed by atoms with E-state index in [0.29, 0.717) is 5.57 Å². The average molecular weight is 198 g/mol. The van der Waals surface area contributed by atoms with Crippen LogP contribution in [0.15, 0.2) is 24.8 Å². The van der Waals surface area contributed by atoms with Crippen molar-refractivity contribution in [3.05, 3.63) is 24.8 Å². The van der Waals surface area contributed by atoms with Crippen LogP contribution in [-0.4, -0.2) is 37.9 Å². The van der Waals surface area contributed by atoms with Crippen molar-refractivity contribution in [2.45, 2.75) is 6.92 Å². The molecule has 0 fully saturated rings. The van der Waals surface area contributed by atoms with Crippen LogP contribution in [-0.2, 0) is 9.59 Å². The van der Waals surface area contributed by atoms with E-state index >= 15 is 0 Å². The van der Waals surface area contributed by atoms with Gasteiger partial charge in [0.15, 0.2) is 0 Å². The van der Waals surface area contributed by atoms with E-state index in [2.05, 4.69) is 18.5 Å². The van der Waals surface area contributed by atoms with Gasteiger partial charge < -0.3 is 10.2 Å². The Kier molecular flexibility index (Phi) is 8.57. The first kappa shape index (κ1) is 14.9. The zero-order valence-corrected chi connectivity index (χ0v) is 9.26. The minimum atomic E-state index is -0.0972. The number of nitrogens with one attached hydrogen (secondary N) is 1. The SMILES string of the molecule is C=C(C)C(=O)NC.C=CC(=O)N(C)C. The molecule has 0 radical (unpaired) electrons. The molecule has 0 heterocycles. The fourth-order valence-corrected chi connectivity index (χ4v) is 0.396. The second-order valence-electron chi connectivity index (χ2n) is 2.80. The Bertz CT molecular complexity index is 230. The molecule has 0 unspecified atom stereocenters. The van der Waals surface area contributed by atoms with Crippen LogP contribution in [0.3, 0.4) is 0 Å². The Morgan fingerprint density at radius 1 is 1.36 bits per heavy atom. The summed E-state index contributed by atoms with van der Waals surface area (Å²) in [5.74, 6) is -0.153. The van der Waals surface area contributed by atoms with Gasteiger partial charge in [-0.05, 0) is 13.0 Å². The Balaban J connectivity index is 0. The van der Waals surface area contributed by atoms with Gasteiger partial charge in [0.2, 0.25) is 11.8 Å². The number of carbonyl (C=O) groups is 2. The van der Waals surface area contributed by atoms with Crippen molar-refractivity contribution in [3.63, 3.8) is 0 Å². The van der Waals surface area contributed by atoms with E-state index in [0.717, 1.165) is 0 Å². The largest absolute Gasteiger partial charge is 0.355 e. The van der Waals surface area contributed by atoms with E-state index in [1.54, 1.807) is 28.1 Å². The minimum Gasteiger partial charge on any atom is -0.355 e. The maximum absolute atomic E-state index is 10.3. The van der Waals surface area contributed by atoms with Crippen LogP contribution >= 0.6 is 0 Å². The van der Waals surface area contributed by atoms with E-state index < -0.39 is 0 Å². The number of rotatable bonds is 2. The molecule has 0 rings (SSSR count). The highest BCUT2D eigenvalue weighted by Crippen LogP contribution is 1.81. The van der Waals surface area contributed by atoms with Gasteiger partial charge in [-0.15, -0.1) is 0 Å². The third-order valence-corrected chi connectivity index (χ3v) is 1.23. The molecule has 0 saturated heterocycles. The minimum absolute atomic E-state index is 0.0556. The van der Waals surface area contributed by atoms with Gasteiger partial charge in [0.25, 0.3) is 0 Å². The van der Waals surface area contributed by atoms with Crippen LogP contribution in [0.1, 0.15) is 6.92 Å². The summed E-state index contributed by atoms with van der Waals surface area (Å²) in [6.07, 6.45) is 1.28. The number of nitrogens with zero attached hydrogens (tertiary/aromatic N) is 1. The molecular weight excluding hydrogens is 180 g/mol. The highest BCUT2D eigenvalue weighted by molar-refractivity contribution is 5.91. The standard InChI is InChI=1S/2C5H9NO/c1-4-5(7)6(2)3;1-4(2)5(7)6-3/h4H,1H2,2-3H3;1H2,2-3H3,(H,6,7). The highest BCUT2D eigenvalue weighted by atomic mass is 16.2. The van der Waals surface area contributed by atoms with Gasteiger partial charge in [0, 0.05) is 26.7 Å². The molecule has 4 nitrogen and oxygen atoms in total. The number of hydrogen-bond acceptors (Lipinski definition) is 2. The second-order valence-corrected chi connectivity index (χ2v) is 2.80. The predicted octanol–water partition coefficient (Wildman–Crippen LogP) is 0.569. The van der Waals surface area contributed by atoms with Crippen molar-refractivity contribution in [1.29, 1.82) is 0 Å². The molecule has 0 bridgehead atoms. The number of hydrogen-bond donors (Lipinski definition) is 1. The van der Waals surface area contributed by atoms with Gasteiger partial charge in [0.1, 0.15) is 0 Å². The third kappa shape index (κ3) is 8.52. The smallest absolute Gasteiger partial charge is 0.246 e. The van der Waals surface area contributed by atoms with Crippen LogP contribution in [0.5, 0.6) is 0 Å². The van der Waals surface area contributed by atoms with E-state index in [-0.39, 0.29) is 11.8 Å². The maximum Gasteiger partial charge on any atom is 0.246 e. The van der Waals surface area contributed by atoms with Crippen molar-refractivity contribution in [1.82, 2.24) is 10.2 Å². The second kappa shape index (κ2) is 8.04. The lowest BCUT2D eigenvalue weighted by Crippen LogP contribution is -2.18. The predicted molar refractivity (Wildman–Crippen MR) is 57.8 cm³/mol. The first-order valence-corrected chi connectivity index (χ1v) is 4.08. The van der Waals surface area contributed by atoms with Crippen molar-refractivity contribution in [2.75, 3.05) is 21.1 Å². The molecule has 0 atom stereocenters. The monoisotopic (exact) mass is 198 g/mol. The van der Waals surface area contributed by atoms with Crippen molar-refractivity contribution >= 4 is 11.8 Å². The lowest BCUT2D eigenvalue weighted by Gasteiger charge is -2.03. The molecule has 2 amide bonds. The van der Waals surface area contributed by atoms with Crippen molar-refractivity contribution in [3.8, 4) is 0 Å². The molecule has 80 valence electrons. The Morgan fingerprint density at radius 3 is 1.79 bits per heavy atom. The Labute approximate surface area is 85.3 Å². The zero-order chi connectivity index (χ0) is 11.7. The number of amides is 2. The fourth-order valence-electron chi connectivity index (χ4n) is 0.396. The van der Waals surface area contributed by atoms with E-state index in [9.17, 15) is 9.59 Å². The first-order chi connectivity index (χ1) is 6.36. The van der Waals surface area contributed by atoms with Gasteiger partial charge in [0.05, 0.1) is 0 Å². The zero-order valence-electron chi connectivity index (χ0n) is 9.26. The van der Waals surface area contributed by atoms with Gasteiger partial charge in [-0.1, -0.05) is 13.2 Å². The number of likely N-dealkylation sites (N-methyl/N-ethyl adjacent to an activating group) is 2. The Hall–Kier alpha value is -1.58. The van der Waals surface area contributed by atoms with Gasteiger partial charge in [-0.25, -0.2) is 0 Å². The van der Waals surface area contributed by atoms with E-state index in [1.807, 2.05) is 0 Å². The molecule has 0 spiro atoms. The molecule has 0 aromatic carbocycles. The van der Waals surface area contributed by atoms with E-state index in [1.165, 1.54) is 11.0 Å². The lowest BCUT2D eigenvalue weighted by molar-refractivity contribution is -0.123. The average Bonchev–Trinajstić information content (AvgIpc) is 2.15.